The third-order valence-corrected chi connectivity index (χ3v) is 4.56. The summed E-state index contributed by atoms with van der Waals surface area (Å²) >= 11 is 3.32. The van der Waals surface area contributed by atoms with Crippen LogP contribution in [0.15, 0.2) is 59.1 Å². The van der Waals surface area contributed by atoms with Crippen molar-refractivity contribution in [2.24, 2.45) is 0 Å². The molecule has 3 amide bonds. The summed E-state index contributed by atoms with van der Waals surface area (Å²) in [4.78, 5) is 37.8. The third kappa shape index (κ3) is 4.29. The lowest BCUT2D eigenvalue weighted by molar-refractivity contribution is -0.131. The fourth-order valence-corrected chi connectivity index (χ4v) is 2.97. The Kier molecular flexibility index (Phi) is 5.68. The summed E-state index contributed by atoms with van der Waals surface area (Å²) in [7, 11) is 0. The van der Waals surface area contributed by atoms with Gasteiger partial charge in [0.2, 0.25) is 11.8 Å². The van der Waals surface area contributed by atoms with Crippen LogP contribution in [0, 0.1) is 0 Å². The molecule has 6 nitrogen and oxygen atoms in total. The number of hydrogen-bond acceptors (Lipinski definition) is 4. The average molecular weight is 417 g/mol. The second kappa shape index (κ2) is 8.14. The molecule has 1 aliphatic heterocycles. The van der Waals surface area contributed by atoms with Gasteiger partial charge in [-0.3, -0.25) is 9.59 Å². The molecule has 3 rings (SSSR count). The van der Waals surface area contributed by atoms with Gasteiger partial charge in [0.1, 0.15) is 12.6 Å². The van der Waals surface area contributed by atoms with Gasteiger partial charge in [-0.1, -0.05) is 46.3 Å². The second-order valence-corrected chi connectivity index (χ2v) is 6.77. The van der Waals surface area contributed by atoms with Crippen LogP contribution >= 0.6 is 15.9 Å². The molecule has 1 fully saturated rings. The predicted molar refractivity (Wildman–Crippen MR) is 99.3 cm³/mol. The quantitative estimate of drug-likeness (QED) is 0.823. The van der Waals surface area contributed by atoms with E-state index in [0.717, 1.165) is 14.9 Å². The summed E-state index contributed by atoms with van der Waals surface area (Å²) in [6.45, 7) is 0.0461. The zero-order chi connectivity index (χ0) is 18.5. The second-order valence-electron chi connectivity index (χ2n) is 5.85. The normalized spacial score (nSPS) is 16.4. The Hall–Kier alpha value is -2.67. The zero-order valence-corrected chi connectivity index (χ0v) is 15.4. The number of rotatable bonds is 4. The number of ether oxygens (including phenoxy) is 1. The smallest absolute Gasteiger partial charge is 0.417 e. The Morgan fingerprint density at radius 2 is 1.81 bits per heavy atom. The maximum Gasteiger partial charge on any atom is 0.417 e. The summed E-state index contributed by atoms with van der Waals surface area (Å²) in [6, 6.07) is 15.3. The highest BCUT2D eigenvalue weighted by molar-refractivity contribution is 9.10. The minimum Gasteiger partial charge on any atom is -0.444 e. The van der Waals surface area contributed by atoms with E-state index < -0.39 is 23.9 Å². The van der Waals surface area contributed by atoms with Crippen molar-refractivity contribution in [3.8, 4) is 0 Å². The molecule has 0 radical (unpaired) electrons. The van der Waals surface area contributed by atoms with Crippen molar-refractivity contribution in [1.29, 1.82) is 0 Å². The fourth-order valence-electron chi connectivity index (χ4n) is 2.71. The molecule has 0 spiro atoms. The van der Waals surface area contributed by atoms with Crippen LogP contribution in [0.2, 0.25) is 0 Å². The first-order valence-corrected chi connectivity index (χ1v) is 8.93. The highest BCUT2D eigenvalue weighted by Crippen LogP contribution is 2.22. The van der Waals surface area contributed by atoms with E-state index in [1.807, 2.05) is 30.3 Å². The van der Waals surface area contributed by atoms with Gasteiger partial charge in [0.25, 0.3) is 0 Å². The van der Waals surface area contributed by atoms with Gasteiger partial charge in [0.15, 0.2) is 0 Å². The number of hydrogen-bond donors (Lipinski definition) is 1. The van der Waals surface area contributed by atoms with E-state index in [0.29, 0.717) is 5.69 Å². The standard InChI is InChI=1S/C19H17BrN2O4/c20-14-6-8-15(9-7-14)21-18(24)16-10-11-17(23)22(16)19(25)26-12-13-4-2-1-3-5-13/h1-9,16H,10-12H2,(H,21,24)/t16-/m1/s1. The highest BCUT2D eigenvalue weighted by Gasteiger charge is 2.41. The lowest BCUT2D eigenvalue weighted by Crippen LogP contribution is -2.45. The highest BCUT2D eigenvalue weighted by atomic mass is 79.9. The predicted octanol–water partition coefficient (Wildman–Crippen LogP) is 3.72. The molecule has 2 aromatic rings. The molecule has 1 atom stereocenters. The fraction of sp³-hybridized carbons (Fsp3) is 0.211. The van der Waals surface area contributed by atoms with Gasteiger partial charge < -0.3 is 10.1 Å². The number of halogens is 1. The van der Waals surface area contributed by atoms with Gasteiger partial charge in [-0.15, -0.1) is 0 Å². The average Bonchev–Trinajstić information content (AvgIpc) is 3.04. The van der Waals surface area contributed by atoms with Crippen LogP contribution in [0.4, 0.5) is 10.5 Å². The minimum absolute atomic E-state index is 0.0461. The first-order valence-electron chi connectivity index (χ1n) is 8.14. The molecule has 0 saturated carbocycles. The molecule has 134 valence electrons. The summed E-state index contributed by atoms with van der Waals surface area (Å²) in [5, 5.41) is 2.73. The van der Waals surface area contributed by atoms with Crippen molar-refractivity contribution in [3.05, 3.63) is 64.6 Å². The molecular weight excluding hydrogens is 400 g/mol. The summed E-state index contributed by atoms with van der Waals surface area (Å²) in [6.07, 6.45) is -0.382. The maximum absolute atomic E-state index is 12.5. The lowest BCUT2D eigenvalue weighted by Gasteiger charge is -2.21. The minimum atomic E-state index is -0.866. The lowest BCUT2D eigenvalue weighted by atomic mass is 10.2. The van der Waals surface area contributed by atoms with E-state index in [1.54, 1.807) is 24.3 Å². The van der Waals surface area contributed by atoms with E-state index in [9.17, 15) is 14.4 Å². The van der Waals surface area contributed by atoms with Gasteiger partial charge in [0.05, 0.1) is 0 Å². The van der Waals surface area contributed by atoms with Gasteiger partial charge in [-0.05, 0) is 36.2 Å². The first-order chi connectivity index (χ1) is 12.5. The summed E-state index contributed by atoms with van der Waals surface area (Å²) in [5.74, 6) is -0.811. The molecule has 0 aliphatic carbocycles. The Bertz CT molecular complexity index is 808. The molecule has 1 saturated heterocycles. The molecule has 2 aromatic carbocycles. The summed E-state index contributed by atoms with van der Waals surface area (Å²) < 4.78 is 6.10. The van der Waals surface area contributed by atoms with Crippen LogP contribution in [-0.4, -0.2) is 28.8 Å². The largest absolute Gasteiger partial charge is 0.444 e. The molecule has 26 heavy (non-hydrogen) atoms. The van der Waals surface area contributed by atoms with E-state index in [1.165, 1.54) is 0 Å². The van der Waals surface area contributed by atoms with E-state index in [4.69, 9.17) is 4.74 Å². The number of carbonyl (C=O) groups is 3. The Labute approximate surface area is 159 Å². The molecule has 0 bridgehead atoms. The first kappa shape index (κ1) is 18.1. The van der Waals surface area contributed by atoms with Crippen LogP contribution < -0.4 is 5.32 Å². The van der Waals surface area contributed by atoms with E-state index in [2.05, 4.69) is 21.2 Å². The number of likely N-dealkylation sites (tertiary alicyclic amines) is 1. The van der Waals surface area contributed by atoms with Crippen LogP contribution in [0.1, 0.15) is 18.4 Å². The molecule has 0 unspecified atom stereocenters. The van der Waals surface area contributed by atoms with Crippen LogP contribution in [-0.2, 0) is 20.9 Å². The molecule has 7 heteroatoms. The molecule has 1 aliphatic rings. The molecular formula is C19H17BrN2O4. The number of anilines is 1. The van der Waals surface area contributed by atoms with Crippen LogP contribution in [0.5, 0.6) is 0 Å². The number of amides is 3. The number of benzene rings is 2. The number of nitrogens with zero attached hydrogens (tertiary/aromatic N) is 1. The van der Waals surface area contributed by atoms with Gasteiger partial charge in [-0.2, -0.15) is 0 Å². The van der Waals surface area contributed by atoms with E-state index in [-0.39, 0.29) is 19.4 Å². The number of nitrogens with one attached hydrogen (secondary N) is 1. The SMILES string of the molecule is O=C(Nc1ccc(Br)cc1)[C@H]1CCC(=O)N1C(=O)OCc1ccccc1. The molecule has 1 heterocycles. The van der Waals surface area contributed by atoms with Crippen molar-refractivity contribution in [2.75, 3.05) is 5.32 Å². The van der Waals surface area contributed by atoms with Crippen molar-refractivity contribution < 1.29 is 19.1 Å². The maximum atomic E-state index is 12.5. The molecule has 1 N–H and O–H groups in total. The Morgan fingerprint density at radius 3 is 2.50 bits per heavy atom. The number of carbonyl (C=O) groups excluding carboxylic acids is 3. The van der Waals surface area contributed by atoms with Crippen LogP contribution in [0.25, 0.3) is 0 Å². The zero-order valence-electron chi connectivity index (χ0n) is 13.9. The Morgan fingerprint density at radius 1 is 1.12 bits per heavy atom. The van der Waals surface area contributed by atoms with Crippen LogP contribution in [0.3, 0.4) is 0 Å². The third-order valence-electron chi connectivity index (χ3n) is 4.03. The summed E-state index contributed by atoms with van der Waals surface area (Å²) in [5.41, 5.74) is 1.40. The monoisotopic (exact) mass is 416 g/mol. The van der Waals surface area contributed by atoms with Gasteiger partial charge >= 0.3 is 6.09 Å². The Balaban J connectivity index is 1.64. The van der Waals surface area contributed by atoms with Crippen molar-refractivity contribution in [2.45, 2.75) is 25.5 Å². The van der Waals surface area contributed by atoms with Gasteiger partial charge in [0, 0.05) is 16.6 Å². The van der Waals surface area contributed by atoms with Crippen molar-refractivity contribution in [1.82, 2.24) is 4.90 Å². The van der Waals surface area contributed by atoms with Crippen molar-refractivity contribution >= 4 is 39.5 Å². The number of imide groups is 1. The van der Waals surface area contributed by atoms with E-state index >= 15 is 0 Å². The van der Waals surface area contributed by atoms with Crippen molar-refractivity contribution in [3.63, 3.8) is 0 Å². The molecule has 0 aromatic heterocycles. The van der Waals surface area contributed by atoms with Gasteiger partial charge in [-0.25, -0.2) is 9.69 Å². The topological polar surface area (TPSA) is 75.7 Å².